The molecule has 0 spiro atoms. The average Bonchev–Trinajstić information content (AvgIpc) is 3.15. The van der Waals surface area contributed by atoms with Crippen LogP contribution in [0.15, 0.2) is 73.1 Å². The van der Waals surface area contributed by atoms with Gasteiger partial charge in [0, 0.05) is 29.1 Å². The van der Waals surface area contributed by atoms with Crippen LogP contribution in [0.4, 0.5) is 0 Å². The molecule has 0 aliphatic heterocycles. The van der Waals surface area contributed by atoms with Gasteiger partial charge in [0.1, 0.15) is 5.82 Å². The predicted octanol–water partition coefficient (Wildman–Crippen LogP) is 5.16. The van der Waals surface area contributed by atoms with E-state index >= 15 is 0 Å². The maximum Gasteiger partial charge on any atom is 0.335 e. The second-order valence-electron chi connectivity index (χ2n) is 5.91. The van der Waals surface area contributed by atoms with Gasteiger partial charge in [0.2, 0.25) is 0 Å². The molecule has 2 aromatic heterocycles. The lowest BCUT2D eigenvalue weighted by molar-refractivity contribution is 0.0697. The van der Waals surface area contributed by atoms with Crippen molar-refractivity contribution in [1.82, 2.24) is 15.0 Å². The summed E-state index contributed by atoms with van der Waals surface area (Å²) in [6.07, 6.45) is 3.37. The van der Waals surface area contributed by atoms with Crippen molar-refractivity contribution in [3.05, 3.63) is 83.6 Å². The number of rotatable bonds is 4. The van der Waals surface area contributed by atoms with Crippen molar-refractivity contribution >= 4 is 17.6 Å². The number of nitrogens with one attached hydrogen (secondary N) is 1. The lowest BCUT2D eigenvalue weighted by atomic mass is 10.0. The Kier molecular flexibility index (Phi) is 4.44. The highest BCUT2D eigenvalue weighted by Gasteiger charge is 2.18. The summed E-state index contributed by atoms with van der Waals surface area (Å²) in [5, 5.41) is 9.78. The van der Waals surface area contributed by atoms with E-state index in [1.165, 1.54) is 6.07 Å². The number of hydrogen-bond donors (Lipinski definition) is 2. The van der Waals surface area contributed by atoms with Crippen LogP contribution in [0.2, 0.25) is 5.02 Å². The molecular formula is C21H14ClN3O2. The van der Waals surface area contributed by atoms with Gasteiger partial charge in [-0.2, -0.15) is 0 Å². The number of carboxylic acid groups (broad SMARTS) is 1. The summed E-state index contributed by atoms with van der Waals surface area (Å²) >= 11 is 6.40. The van der Waals surface area contributed by atoms with E-state index in [1.54, 1.807) is 24.5 Å². The Morgan fingerprint density at radius 2 is 1.70 bits per heavy atom. The highest BCUT2D eigenvalue weighted by atomic mass is 35.5. The van der Waals surface area contributed by atoms with E-state index in [2.05, 4.69) is 9.97 Å². The van der Waals surface area contributed by atoms with Crippen molar-refractivity contribution in [3.63, 3.8) is 0 Å². The van der Waals surface area contributed by atoms with Gasteiger partial charge in [-0.1, -0.05) is 41.9 Å². The molecule has 0 unspecified atom stereocenters. The molecule has 4 rings (SSSR count). The summed E-state index contributed by atoms with van der Waals surface area (Å²) < 4.78 is 0. The number of aromatic amines is 1. The van der Waals surface area contributed by atoms with Crippen molar-refractivity contribution in [1.29, 1.82) is 0 Å². The minimum absolute atomic E-state index is 0.158. The van der Waals surface area contributed by atoms with Gasteiger partial charge in [0.15, 0.2) is 0 Å². The molecule has 5 nitrogen and oxygen atoms in total. The maximum atomic E-state index is 11.4. The highest BCUT2D eigenvalue weighted by Crippen LogP contribution is 2.36. The second-order valence-corrected chi connectivity index (χ2v) is 6.32. The normalized spacial score (nSPS) is 10.7. The number of nitrogens with zero attached hydrogens (tertiary/aromatic N) is 2. The SMILES string of the molecule is O=C(O)c1ccc(Cl)c(-c2[nH]c(-c3ccccc3)nc2-c2ccncc2)c1. The van der Waals surface area contributed by atoms with Crippen LogP contribution in [-0.2, 0) is 0 Å². The van der Waals surface area contributed by atoms with Crippen molar-refractivity contribution in [2.75, 3.05) is 0 Å². The van der Waals surface area contributed by atoms with E-state index < -0.39 is 5.97 Å². The van der Waals surface area contributed by atoms with Crippen molar-refractivity contribution < 1.29 is 9.90 Å². The molecule has 4 aromatic rings. The standard InChI is InChI=1S/C21H14ClN3O2/c22-17-7-6-15(21(26)27)12-16(17)19-18(13-8-10-23-11-9-13)24-20(25-19)14-4-2-1-3-5-14/h1-12H,(H,24,25)(H,26,27). The Bertz CT molecular complexity index is 1110. The van der Waals surface area contributed by atoms with E-state index in [9.17, 15) is 9.90 Å². The molecule has 0 atom stereocenters. The zero-order chi connectivity index (χ0) is 18.8. The molecule has 0 amide bonds. The zero-order valence-corrected chi connectivity index (χ0v) is 14.8. The molecule has 0 bridgehead atoms. The maximum absolute atomic E-state index is 11.4. The van der Waals surface area contributed by atoms with E-state index in [0.29, 0.717) is 27.8 Å². The molecule has 0 aliphatic rings. The molecule has 2 N–H and O–H groups in total. The predicted molar refractivity (Wildman–Crippen MR) is 105 cm³/mol. The van der Waals surface area contributed by atoms with Gasteiger partial charge in [-0.3, -0.25) is 4.98 Å². The summed E-state index contributed by atoms with van der Waals surface area (Å²) in [4.78, 5) is 23.5. The summed E-state index contributed by atoms with van der Waals surface area (Å²) in [6, 6.07) is 18.0. The number of H-pyrrole nitrogens is 1. The summed E-state index contributed by atoms with van der Waals surface area (Å²) in [5.41, 5.74) is 3.86. The number of carboxylic acids is 1. The van der Waals surface area contributed by atoms with Crippen LogP contribution in [0.5, 0.6) is 0 Å². The third-order valence-corrected chi connectivity index (χ3v) is 4.52. The van der Waals surface area contributed by atoms with Gasteiger partial charge in [-0.25, -0.2) is 9.78 Å². The van der Waals surface area contributed by atoms with Crippen molar-refractivity contribution in [2.24, 2.45) is 0 Å². The van der Waals surface area contributed by atoms with E-state index in [4.69, 9.17) is 16.6 Å². The summed E-state index contributed by atoms with van der Waals surface area (Å²) in [7, 11) is 0. The lowest BCUT2D eigenvalue weighted by Crippen LogP contribution is -1.97. The molecule has 0 saturated heterocycles. The molecule has 0 fully saturated rings. The van der Waals surface area contributed by atoms with Crippen molar-refractivity contribution in [3.8, 4) is 33.9 Å². The number of aromatic carboxylic acids is 1. The zero-order valence-electron chi connectivity index (χ0n) is 14.1. The minimum atomic E-state index is -1.01. The number of pyridine rings is 1. The molecule has 0 radical (unpaired) electrons. The molecular weight excluding hydrogens is 362 g/mol. The summed E-state index contributed by atoms with van der Waals surface area (Å²) in [6.45, 7) is 0. The molecule has 132 valence electrons. The molecule has 2 heterocycles. The van der Waals surface area contributed by atoms with E-state index in [0.717, 1.165) is 11.1 Å². The fraction of sp³-hybridized carbons (Fsp3) is 0. The van der Waals surface area contributed by atoms with Crippen LogP contribution in [-0.4, -0.2) is 26.0 Å². The first-order valence-corrected chi connectivity index (χ1v) is 8.60. The third-order valence-electron chi connectivity index (χ3n) is 4.19. The Hall–Kier alpha value is -3.44. The lowest BCUT2D eigenvalue weighted by Gasteiger charge is -2.07. The molecule has 0 aliphatic carbocycles. The largest absolute Gasteiger partial charge is 0.478 e. The topological polar surface area (TPSA) is 78.9 Å². The fourth-order valence-electron chi connectivity index (χ4n) is 2.87. The van der Waals surface area contributed by atoms with Gasteiger partial charge >= 0.3 is 5.97 Å². The summed E-state index contributed by atoms with van der Waals surface area (Å²) in [5.74, 6) is -0.338. The first-order valence-electron chi connectivity index (χ1n) is 8.22. The monoisotopic (exact) mass is 375 g/mol. The van der Waals surface area contributed by atoms with Crippen LogP contribution in [0.3, 0.4) is 0 Å². The Balaban J connectivity index is 1.96. The van der Waals surface area contributed by atoms with Gasteiger partial charge < -0.3 is 10.1 Å². The number of benzene rings is 2. The molecule has 27 heavy (non-hydrogen) atoms. The van der Waals surface area contributed by atoms with Crippen LogP contribution < -0.4 is 0 Å². The number of aromatic nitrogens is 3. The highest BCUT2D eigenvalue weighted by molar-refractivity contribution is 6.33. The molecule has 2 aromatic carbocycles. The van der Waals surface area contributed by atoms with Crippen LogP contribution in [0, 0.1) is 0 Å². The van der Waals surface area contributed by atoms with Gasteiger partial charge in [-0.05, 0) is 30.3 Å². The molecule has 0 saturated carbocycles. The van der Waals surface area contributed by atoms with Crippen LogP contribution >= 0.6 is 11.6 Å². The van der Waals surface area contributed by atoms with Crippen molar-refractivity contribution in [2.45, 2.75) is 0 Å². The number of imidazole rings is 1. The first kappa shape index (κ1) is 17.0. The van der Waals surface area contributed by atoms with Crippen LogP contribution in [0.25, 0.3) is 33.9 Å². The third kappa shape index (κ3) is 3.32. The quantitative estimate of drug-likeness (QED) is 0.516. The molecule has 6 heteroatoms. The first-order chi connectivity index (χ1) is 13.1. The smallest absolute Gasteiger partial charge is 0.335 e. The van der Waals surface area contributed by atoms with Gasteiger partial charge in [0.05, 0.1) is 22.0 Å². The minimum Gasteiger partial charge on any atom is -0.478 e. The Morgan fingerprint density at radius 3 is 2.41 bits per heavy atom. The fourth-order valence-corrected chi connectivity index (χ4v) is 3.08. The number of carbonyl (C=O) groups is 1. The number of halogens is 1. The number of hydrogen-bond acceptors (Lipinski definition) is 3. The van der Waals surface area contributed by atoms with Gasteiger partial charge in [0.25, 0.3) is 0 Å². The van der Waals surface area contributed by atoms with Gasteiger partial charge in [-0.15, -0.1) is 0 Å². The second kappa shape index (κ2) is 7.05. The van der Waals surface area contributed by atoms with E-state index in [-0.39, 0.29) is 5.56 Å². The Labute approximate surface area is 160 Å². The van der Waals surface area contributed by atoms with E-state index in [1.807, 2.05) is 42.5 Å². The average molecular weight is 376 g/mol. The van der Waals surface area contributed by atoms with Crippen LogP contribution in [0.1, 0.15) is 10.4 Å². The Morgan fingerprint density at radius 1 is 0.963 bits per heavy atom.